The molecule has 0 radical (unpaired) electrons. The van der Waals surface area contributed by atoms with Crippen LogP contribution < -0.4 is 10.1 Å². The van der Waals surface area contributed by atoms with E-state index in [-0.39, 0.29) is 6.42 Å². The van der Waals surface area contributed by atoms with Crippen molar-refractivity contribution >= 4 is 5.97 Å². The standard InChI is InChI=1S/C28H37NO3/c1-3-8-24(29-27-20-26(27)23-10-5-4-6-11-23)15-12-21(2)9-7-18-32-25-16-13-22(14-17-25)19-28(30)31/h4-6,10-11,13-14,16-17,24,26-27,29H,2-3,7-9,12,15,18-20H2,1H3,(H,30,31)/t24?,26-,27+/m0/s1. The number of benzene rings is 2. The van der Waals surface area contributed by atoms with Gasteiger partial charge in [-0.15, -0.1) is 0 Å². The summed E-state index contributed by atoms with van der Waals surface area (Å²) >= 11 is 0. The smallest absolute Gasteiger partial charge is 0.307 e. The van der Waals surface area contributed by atoms with Crippen molar-refractivity contribution in [1.82, 2.24) is 5.32 Å². The summed E-state index contributed by atoms with van der Waals surface area (Å²) in [4.78, 5) is 10.7. The molecule has 0 heterocycles. The van der Waals surface area contributed by atoms with E-state index in [0.29, 0.717) is 24.6 Å². The van der Waals surface area contributed by atoms with E-state index in [1.807, 2.05) is 24.3 Å². The number of aliphatic carboxylic acids is 1. The molecule has 1 saturated carbocycles. The van der Waals surface area contributed by atoms with E-state index in [4.69, 9.17) is 9.84 Å². The molecular formula is C28H37NO3. The first kappa shape index (κ1) is 24.1. The van der Waals surface area contributed by atoms with Gasteiger partial charge >= 0.3 is 5.97 Å². The normalized spacial score (nSPS) is 18.2. The van der Waals surface area contributed by atoms with Crippen molar-refractivity contribution in [3.63, 3.8) is 0 Å². The van der Waals surface area contributed by atoms with E-state index >= 15 is 0 Å². The van der Waals surface area contributed by atoms with Crippen molar-refractivity contribution in [3.05, 3.63) is 77.9 Å². The quantitative estimate of drug-likeness (QED) is 0.261. The van der Waals surface area contributed by atoms with E-state index in [9.17, 15) is 4.79 Å². The zero-order valence-corrected chi connectivity index (χ0v) is 19.3. The van der Waals surface area contributed by atoms with Gasteiger partial charge < -0.3 is 15.2 Å². The SMILES string of the molecule is C=C(CCCOc1ccc(CC(=O)O)cc1)CCC(CCC)N[C@@H]1C[C@H]1c1ccccc1. The summed E-state index contributed by atoms with van der Waals surface area (Å²) in [6.07, 6.45) is 7.84. The number of allylic oxidation sites excluding steroid dienone is 1. The summed E-state index contributed by atoms with van der Waals surface area (Å²) in [6, 6.07) is 19.3. The van der Waals surface area contributed by atoms with Gasteiger partial charge in [-0.3, -0.25) is 4.79 Å². The van der Waals surface area contributed by atoms with Gasteiger partial charge in [0.15, 0.2) is 0 Å². The molecule has 2 aromatic rings. The Hall–Kier alpha value is -2.59. The fourth-order valence-corrected chi connectivity index (χ4v) is 4.30. The van der Waals surface area contributed by atoms with Gasteiger partial charge in [0.05, 0.1) is 13.0 Å². The summed E-state index contributed by atoms with van der Waals surface area (Å²) in [5, 5.41) is 12.7. The number of hydrogen-bond donors (Lipinski definition) is 2. The molecule has 4 nitrogen and oxygen atoms in total. The van der Waals surface area contributed by atoms with Crippen LogP contribution in [0.1, 0.15) is 68.9 Å². The second kappa shape index (κ2) is 12.4. The summed E-state index contributed by atoms with van der Waals surface area (Å²) in [5.41, 5.74) is 3.54. The van der Waals surface area contributed by atoms with Crippen molar-refractivity contribution < 1.29 is 14.6 Å². The van der Waals surface area contributed by atoms with E-state index in [0.717, 1.165) is 37.0 Å². The van der Waals surface area contributed by atoms with E-state index in [2.05, 4.69) is 49.2 Å². The summed E-state index contributed by atoms with van der Waals surface area (Å²) in [5.74, 6) is 0.644. The molecule has 0 bridgehead atoms. The maximum Gasteiger partial charge on any atom is 0.307 e. The molecule has 2 N–H and O–H groups in total. The van der Waals surface area contributed by atoms with Gasteiger partial charge in [0.25, 0.3) is 0 Å². The molecule has 1 unspecified atom stereocenters. The van der Waals surface area contributed by atoms with Crippen molar-refractivity contribution in [2.45, 2.75) is 76.3 Å². The van der Waals surface area contributed by atoms with Crippen molar-refractivity contribution in [2.24, 2.45) is 0 Å². The molecule has 3 atom stereocenters. The summed E-state index contributed by atoms with van der Waals surface area (Å²) in [7, 11) is 0. The minimum absolute atomic E-state index is 0.0433. The van der Waals surface area contributed by atoms with Gasteiger partial charge in [-0.05, 0) is 61.8 Å². The molecular weight excluding hydrogens is 398 g/mol. The van der Waals surface area contributed by atoms with E-state index < -0.39 is 5.97 Å². The average molecular weight is 436 g/mol. The Morgan fingerprint density at radius 3 is 2.56 bits per heavy atom. The lowest BCUT2D eigenvalue weighted by molar-refractivity contribution is -0.136. The van der Waals surface area contributed by atoms with Crippen LogP contribution in [0.2, 0.25) is 0 Å². The lowest BCUT2D eigenvalue weighted by Crippen LogP contribution is -2.31. The van der Waals surface area contributed by atoms with Crippen LogP contribution in [0.15, 0.2) is 66.7 Å². The third-order valence-corrected chi connectivity index (χ3v) is 6.17. The van der Waals surface area contributed by atoms with Crippen LogP contribution in [0.4, 0.5) is 0 Å². The van der Waals surface area contributed by atoms with Crippen LogP contribution in [0.5, 0.6) is 5.75 Å². The fraction of sp³-hybridized carbons (Fsp3) is 0.464. The van der Waals surface area contributed by atoms with Gasteiger partial charge in [-0.25, -0.2) is 0 Å². The number of carbonyl (C=O) groups is 1. The second-order valence-corrected chi connectivity index (χ2v) is 8.97. The Kier molecular flexibility index (Phi) is 9.36. The minimum Gasteiger partial charge on any atom is -0.494 e. The highest BCUT2D eigenvalue weighted by Gasteiger charge is 2.38. The third-order valence-electron chi connectivity index (χ3n) is 6.17. The first-order chi connectivity index (χ1) is 15.5. The second-order valence-electron chi connectivity index (χ2n) is 8.97. The topological polar surface area (TPSA) is 58.6 Å². The third kappa shape index (κ3) is 8.16. The maximum absolute atomic E-state index is 10.7. The Morgan fingerprint density at radius 1 is 1.12 bits per heavy atom. The lowest BCUT2D eigenvalue weighted by Gasteiger charge is -2.19. The van der Waals surface area contributed by atoms with Gasteiger partial charge in [0.1, 0.15) is 5.75 Å². The molecule has 0 aliphatic heterocycles. The number of hydrogen-bond acceptors (Lipinski definition) is 3. The largest absolute Gasteiger partial charge is 0.494 e. The Morgan fingerprint density at radius 2 is 1.88 bits per heavy atom. The highest BCUT2D eigenvalue weighted by Crippen LogP contribution is 2.41. The van der Waals surface area contributed by atoms with Crippen LogP contribution in [-0.2, 0) is 11.2 Å². The van der Waals surface area contributed by atoms with Gasteiger partial charge in [0, 0.05) is 18.0 Å². The zero-order chi connectivity index (χ0) is 22.8. The van der Waals surface area contributed by atoms with E-state index in [1.54, 1.807) is 0 Å². The molecule has 0 saturated heterocycles. The predicted octanol–water partition coefficient (Wildman–Crippen LogP) is 6.12. The first-order valence-electron chi connectivity index (χ1n) is 12.0. The number of rotatable bonds is 15. The molecule has 1 fully saturated rings. The maximum atomic E-state index is 10.7. The molecule has 0 spiro atoms. The lowest BCUT2D eigenvalue weighted by atomic mass is 10.00. The molecule has 0 amide bonds. The molecule has 1 aliphatic carbocycles. The highest BCUT2D eigenvalue weighted by atomic mass is 16.5. The molecule has 32 heavy (non-hydrogen) atoms. The number of nitrogens with one attached hydrogen (secondary N) is 1. The number of carboxylic acids is 1. The minimum atomic E-state index is -0.818. The Labute approximate surface area is 192 Å². The van der Waals surface area contributed by atoms with Crippen LogP contribution in [0.25, 0.3) is 0 Å². The first-order valence-corrected chi connectivity index (χ1v) is 12.0. The van der Waals surface area contributed by atoms with E-state index in [1.165, 1.54) is 30.4 Å². The van der Waals surface area contributed by atoms with Crippen LogP contribution >= 0.6 is 0 Å². The Bertz CT molecular complexity index is 847. The predicted molar refractivity (Wildman–Crippen MR) is 130 cm³/mol. The molecule has 4 heteroatoms. The highest BCUT2D eigenvalue weighted by molar-refractivity contribution is 5.70. The summed E-state index contributed by atoms with van der Waals surface area (Å²) < 4.78 is 5.79. The van der Waals surface area contributed by atoms with Gasteiger partial charge in [0.2, 0.25) is 0 Å². The van der Waals surface area contributed by atoms with Crippen molar-refractivity contribution in [2.75, 3.05) is 6.61 Å². The monoisotopic (exact) mass is 435 g/mol. The van der Waals surface area contributed by atoms with Gasteiger partial charge in [-0.1, -0.05) is 68.0 Å². The molecule has 1 aliphatic rings. The number of carboxylic acid groups (broad SMARTS) is 1. The van der Waals surface area contributed by atoms with Crippen LogP contribution in [0.3, 0.4) is 0 Å². The molecule has 172 valence electrons. The molecule has 0 aromatic heterocycles. The van der Waals surface area contributed by atoms with Crippen molar-refractivity contribution in [3.8, 4) is 5.75 Å². The average Bonchev–Trinajstić information content (AvgIpc) is 3.56. The van der Waals surface area contributed by atoms with Crippen LogP contribution in [0, 0.1) is 0 Å². The fourth-order valence-electron chi connectivity index (χ4n) is 4.30. The van der Waals surface area contributed by atoms with Gasteiger partial charge in [-0.2, -0.15) is 0 Å². The molecule has 2 aromatic carbocycles. The Balaban J connectivity index is 1.31. The van der Waals surface area contributed by atoms with Crippen molar-refractivity contribution in [1.29, 1.82) is 0 Å². The van der Waals surface area contributed by atoms with Crippen LogP contribution in [-0.4, -0.2) is 29.8 Å². The zero-order valence-electron chi connectivity index (χ0n) is 19.3. The molecule has 3 rings (SSSR count). The summed E-state index contributed by atoms with van der Waals surface area (Å²) in [6.45, 7) is 7.20. The number of ether oxygens (including phenoxy) is 1.